The average molecular weight is 281 g/mol. The first kappa shape index (κ1) is 14.8. The van der Waals surface area contributed by atoms with Gasteiger partial charge in [-0.15, -0.1) is 0 Å². The van der Waals surface area contributed by atoms with Gasteiger partial charge in [0.2, 0.25) is 11.9 Å². The molecule has 0 saturated carbocycles. The number of hydrogen-bond acceptors (Lipinski definition) is 7. The Balaban J connectivity index is 2.19. The minimum absolute atomic E-state index is 0.0361. The van der Waals surface area contributed by atoms with Gasteiger partial charge in [-0.25, -0.2) is 0 Å². The molecule has 1 aromatic heterocycles. The average Bonchev–Trinajstić information content (AvgIpc) is 2.45. The van der Waals surface area contributed by atoms with Crippen LogP contribution in [0.25, 0.3) is 0 Å². The molecule has 1 aliphatic rings. The lowest BCUT2D eigenvalue weighted by Crippen LogP contribution is -2.37. The molecule has 2 rings (SSSR count). The van der Waals surface area contributed by atoms with Gasteiger partial charge in [0.15, 0.2) is 0 Å². The van der Waals surface area contributed by atoms with Crippen molar-refractivity contribution in [2.24, 2.45) is 0 Å². The van der Waals surface area contributed by atoms with Crippen LogP contribution in [-0.4, -0.2) is 53.9 Å². The topological polar surface area (TPSA) is 72.4 Å². The van der Waals surface area contributed by atoms with Gasteiger partial charge in [-0.2, -0.15) is 15.0 Å². The summed E-state index contributed by atoms with van der Waals surface area (Å²) in [6, 6.07) is 0.370. The Morgan fingerprint density at radius 2 is 2.00 bits per heavy atom. The molecular weight excluding hydrogens is 258 g/mol. The molecule has 1 saturated heterocycles. The van der Waals surface area contributed by atoms with Crippen LogP contribution in [0.3, 0.4) is 0 Å². The molecule has 1 N–H and O–H groups in total. The molecule has 0 amide bonds. The Morgan fingerprint density at radius 1 is 1.25 bits per heavy atom. The second-order valence-electron chi connectivity index (χ2n) is 4.93. The molecule has 1 fully saturated rings. The SMILES string of the molecule is CCCNc1nc(OC(C)C)nc(N2CCOCC2)n1. The molecule has 0 aliphatic carbocycles. The highest BCUT2D eigenvalue weighted by molar-refractivity contribution is 5.38. The fourth-order valence-electron chi connectivity index (χ4n) is 1.83. The fourth-order valence-corrected chi connectivity index (χ4v) is 1.83. The van der Waals surface area contributed by atoms with Gasteiger partial charge >= 0.3 is 6.01 Å². The van der Waals surface area contributed by atoms with Crippen molar-refractivity contribution in [3.63, 3.8) is 0 Å². The second kappa shape index (κ2) is 7.23. The quantitative estimate of drug-likeness (QED) is 0.843. The van der Waals surface area contributed by atoms with Crippen LogP contribution in [0.15, 0.2) is 0 Å². The Bertz CT molecular complexity index is 421. The van der Waals surface area contributed by atoms with E-state index in [-0.39, 0.29) is 6.10 Å². The summed E-state index contributed by atoms with van der Waals surface area (Å²) in [6.07, 6.45) is 1.05. The van der Waals surface area contributed by atoms with Crippen LogP contribution in [-0.2, 0) is 4.74 Å². The molecule has 1 aliphatic heterocycles. The van der Waals surface area contributed by atoms with E-state index in [9.17, 15) is 0 Å². The summed E-state index contributed by atoms with van der Waals surface area (Å²) in [7, 11) is 0. The molecular formula is C13H23N5O2. The zero-order valence-corrected chi connectivity index (χ0v) is 12.4. The highest BCUT2D eigenvalue weighted by Gasteiger charge is 2.17. The number of nitrogens with zero attached hydrogens (tertiary/aromatic N) is 4. The maximum absolute atomic E-state index is 5.61. The monoisotopic (exact) mass is 281 g/mol. The smallest absolute Gasteiger partial charge is 0.323 e. The first-order valence-electron chi connectivity index (χ1n) is 7.18. The fraction of sp³-hybridized carbons (Fsp3) is 0.769. The molecule has 0 aromatic carbocycles. The van der Waals surface area contributed by atoms with E-state index in [1.54, 1.807) is 0 Å². The van der Waals surface area contributed by atoms with Gasteiger partial charge in [0.25, 0.3) is 0 Å². The van der Waals surface area contributed by atoms with Crippen LogP contribution in [0.5, 0.6) is 6.01 Å². The number of anilines is 2. The van der Waals surface area contributed by atoms with E-state index < -0.39 is 0 Å². The van der Waals surface area contributed by atoms with Crippen molar-refractivity contribution in [3.05, 3.63) is 0 Å². The number of nitrogens with one attached hydrogen (secondary N) is 1. The molecule has 0 spiro atoms. The van der Waals surface area contributed by atoms with Gasteiger partial charge in [0.05, 0.1) is 19.3 Å². The molecule has 0 atom stereocenters. The van der Waals surface area contributed by atoms with Crippen LogP contribution in [0.4, 0.5) is 11.9 Å². The molecule has 0 bridgehead atoms. The zero-order valence-electron chi connectivity index (χ0n) is 12.4. The van der Waals surface area contributed by atoms with E-state index in [0.717, 1.165) is 26.1 Å². The van der Waals surface area contributed by atoms with Crippen molar-refractivity contribution in [2.75, 3.05) is 43.1 Å². The molecule has 1 aromatic rings. The Kier molecular flexibility index (Phi) is 5.34. The summed E-state index contributed by atoms with van der Waals surface area (Å²) < 4.78 is 11.0. The minimum atomic E-state index is 0.0361. The van der Waals surface area contributed by atoms with Crippen LogP contribution in [0, 0.1) is 0 Å². The van der Waals surface area contributed by atoms with Crippen LogP contribution >= 0.6 is 0 Å². The van der Waals surface area contributed by atoms with E-state index >= 15 is 0 Å². The van der Waals surface area contributed by atoms with E-state index in [2.05, 4.69) is 32.1 Å². The van der Waals surface area contributed by atoms with Crippen molar-refractivity contribution < 1.29 is 9.47 Å². The van der Waals surface area contributed by atoms with Crippen molar-refractivity contribution >= 4 is 11.9 Å². The minimum Gasteiger partial charge on any atom is -0.461 e. The number of ether oxygens (including phenoxy) is 2. The summed E-state index contributed by atoms with van der Waals surface area (Å²) in [6.45, 7) is 9.81. The van der Waals surface area contributed by atoms with Gasteiger partial charge in [0.1, 0.15) is 0 Å². The third-order valence-electron chi connectivity index (χ3n) is 2.77. The summed E-state index contributed by atoms with van der Waals surface area (Å²) in [4.78, 5) is 15.2. The molecule has 2 heterocycles. The standard InChI is InChI=1S/C13H23N5O2/c1-4-5-14-11-15-12(18-6-8-19-9-7-18)17-13(16-11)20-10(2)3/h10H,4-9H2,1-3H3,(H,14,15,16,17). The third kappa shape index (κ3) is 4.19. The Hall–Kier alpha value is -1.63. The predicted octanol–water partition coefficient (Wildman–Crippen LogP) is 1.32. The summed E-state index contributed by atoms with van der Waals surface area (Å²) in [5, 5.41) is 3.19. The normalized spacial score (nSPS) is 15.5. The molecule has 112 valence electrons. The lowest BCUT2D eigenvalue weighted by Gasteiger charge is -2.27. The highest BCUT2D eigenvalue weighted by Crippen LogP contribution is 2.17. The molecule has 0 radical (unpaired) electrons. The van der Waals surface area contributed by atoms with Crippen molar-refractivity contribution in [2.45, 2.75) is 33.3 Å². The summed E-state index contributed by atoms with van der Waals surface area (Å²) >= 11 is 0. The number of rotatable bonds is 6. The van der Waals surface area contributed by atoms with E-state index in [0.29, 0.717) is 31.1 Å². The lowest BCUT2D eigenvalue weighted by atomic mass is 10.4. The number of hydrogen-bond donors (Lipinski definition) is 1. The van der Waals surface area contributed by atoms with Crippen molar-refractivity contribution in [1.82, 2.24) is 15.0 Å². The molecule has 0 unspecified atom stereocenters. The molecule has 20 heavy (non-hydrogen) atoms. The molecule has 7 heteroatoms. The maximum atomic E-state index is 5.61. The second-order valence-corrected chi connectivity index (χ2v) is 4.93. The first-order valence-corrected chi connectivity index (χ1v) is 7.18. The van der Waals surface area contributed by atoms with Gasteiger partial charge in [0, 0.05) is 19.6 Å². The summed E-state index contributed by atoms with van der Waals surface area (Å²) in [5.74, 6) is 1.22. The van der Waals surface area contributed by atoms with E-state index in [4.69, 9.17) is 9.47 Å². The van der Waals surface area contributed by atoms with Crippen molar-refractivity contribution in [1.29, 1.82) is 0 Å². The van der Waals surface area contributed by atoms with Gasteiger partial charge in [-0.05, 0) is 20.3 Å². The van der Waals surface area contributed by atoms with Gasteiger partial charge in [-0.3, -0.25) is 0 Å². The number of aromatic nitrogens is 3. The zero-order chi connectivity index (χ0) is 14.4. The van der Waals surface area contributed by atoms with E-state index in [1.807, 2.05) is 13.8 Å². The first-order chi connectivity index (χ1) is 9.69. The van der Waals surface area contributed by atoms with Crippen LogP contribution in [0.2, 0.25) is 0 Å². The Labute approximate surface area is 119 Å². The highest BCUT2D eigenvalue weighted by atomic mass is 16.5. The number of morpholine rings is 1. The maximum Gasteiger partial charge on any atom is 0.323 e. The lowest BCUT2D eigenvalue weighted by molar-refractivity contribution is 0.121. The van der Waals surface area contributed by atoms with Crippen molar-refractivity contribution in [3.8, 4) is 6.01 Å². The largest absolute Gasteiger partial charge is 0.461 e. The summed E-state index contributed by atoms with van der Waals surface area (Å²) in [5.41, 5.74) is 0. The predicted molar refractivity (Wildman–Crippen MR) is 77.4 cm³/mol. The molecule has 7 nitrogen and oxygen atoms in total. The van der Waals surface area contributed by atoms with Crippen LogP contribution < -0.4 is 15.0 Å². The third-order valence-corrected chi connectivity index (χ3v) is 2.77. The van der Waals surface area contributed by atoms with E-state index in [1.165, 1.54) is 0 Å². The van der Waals surface area contributed by atoms with Gasteiger partial charge < -0.3 is 19.7 Å². The van der Waals surface area contributed by atoms with Crippen LogP contribution in [0.1, 0.15) is 27.2 Å². The van der Waals surface area contributed by atoms with Gasteiger partial charge in [-0.1, -0.05) is 6.92 Å². The Morgan fingerprint density at radius 3 is 2.65 bits per heavy atom.